The Balaban J connectivity index is 0.000000433. The number of carboxylic acid groups (broad SMARTS) is 2. The predicted octanol–water partition coefficient (Wildman–Crippen LogP) is -0.103. The Morgan fingerprint density at radius 3 is 2.10 bits per heavy atom. The van der Waals surface area contributed by atoms with Gasteiger partial charge in [0.1, 0.15) is 0 Å². The normalized spacial score (nSPS) is 17.3. The number of likely N-dealkylation sites (N-methyl/N-ethyl adjacent to an activating group) is 2. The van der Waals surface area contributed by atoms with Gasteiger partial charge in [-0.1, -0.05) is 0 Å². The molecule has 1 heterocycles. The van der Waals surface area contributed by atoms with E-state index in [9.17, 15) is 9.59 Å². The van der Waals surface area contributed by atoms with Crippen molar-refractivity contribution in [2.24, 2.45) is 0 Å². The zero-order chi connectivity index (χ0) is 16.3. The second-order valence-electron chi connectivity index (χ2n) is 5.31. The molecule has 0 saturated carbocycles. The van der Waals surface area contributed by atoms with E-state index in [1.54, 1.807) is 0 Å². The number of rotatable bonds is 5. The van der Waals surface area contributed by atoms with Crippen molar-refractivity contribution in [2.75, 3.05) is 60.4 Å². The van der Waals surface area contributed by atoms with E-state index >= 15 is 0 Å². The lowest BCUT2D eigenvalue weighted by Crippen LogP contribution is -2.34. The summed E-state index contributed by atoms with van der Waals surface area (Å²) >= 11 is 0. The van der Waals surface area contributed by atoms with Gasteiger partial charge in [-0.2, -0.15) is 0 Å². The van der Waals surface area contributed by atoms with Gasteiger partial charge in [0.15, 0.2) is 0 Å². The molecule has 0 spiro atoms. The van der Waals surface area contributed by atoms with E-state index in [0.717, 1.165) is 0 Å². The van der Waals surface area contributed by atoms with Crippen molar-refractivity contribution in [1.29, 1.82) is 0 Å². The molecule has 0 bridgehead atoms. The number of hydrogen-bond acceptors (Lipinski definition) is 5. The van der Waals surface area contributed by atoms with Crippen molar-refractivity contribution in [2.45, 2.75) is 6.42 Å². The van der Waals surface area contributed by atoms with Crippen LogP contribution >= 0.6 is 0 Å². The van der Waals surface area contributed by atoms with E-state index in [-0.39, 0.29) is 0 Å². The Kier molecular flexibility index (Phi) is 10.5. The Labute approximate surface area is 126 Å². The quantitative estimate of drug-likeness (QED) is 0.686. The van der Waals surface area contributed by atoms with Crippen LogP contribution in [-0.2, 0) is 9.59 Å². The summed E-state index contributed by atoms with van der Waals surface area (Å²) in [5.74, 6) is -2.51. The van der Waals surface area contributed by atoms with Crippen molar-refractivity contribution < 1.29 is 19.8 Å². The summed E-state index contributed by atoms with van der Waals surface area (Å²) in [5, 5.41) is 15.6. The number of carbonyl (C=O) groups is 2. The molecule has 0 radical (unpaired) electrons. The van der Waals surface area contributed by atoms with Crippen LogP contribution in [0.3, 0.4) is 0 Å². The molecule has 122 valence electrons. The first kappa shape index (κ1) is 19.6. The minimum Gasteiger partial charge on any atom is -0.478 e. The van der Waals surface area contributed by atoms with Gasteiger partial charge < -0.3 is 24.9 Å². The third kappa shape index (κ3) is 13.3. The lowest BCUT2D eigenvalue weighted by molar-refractivity contribution is -0.134. The molecule has 2 N–H and O–H groups in total. The molecule has 1 aliphatic heterocycles. The van der Waals surface area contributed by atoms with Crippen LogP contribution in [0.4, 0.5) is 0 Å². The maximum atomic E-state index is 9.55. The van der Waals surface area contributed by atoms with E-state index in [2.05, 4.69) is 35.8 Å². The molecule has 1 aliphatic rings. The molecule has 1 fully saturated rings. The van der Waals surface area contributed by atoms with Gasteiger partial charge in [0.2, 0.25) is 0 Å². The minimum absolute atomic E-state index is 0.558. The smallest absolute Gasteiger partial charge is 0.328 e. The fraction of sp³-hybridized carbons (Fsp3) is 0.714. The summed E-state index contributed by atoms with van der Waals surface area (Å²) in [6.45, 7) is 7.42. The van der Waals surface area contributed by atoms with Crippen LogP contribution in [0.1, 0.15) is 6.42 Å². The maximum Gasteiger partial charge on any atom is 0.328 e. The van der Waals surface area contributed by atoms with Gasteiger partial charge in [0.05, 0.1) is 0 Å². The third-order valence-corrected chi connectivity index (χ3v) is 3.04. The van der Waals surface area contributed by atoms with Crippen LogP contribution in [0, 0.1) is 0 Å². The number of carboxylic acids is 2. The van der Waals surface area contributed by atoms with Gasteiger partial charge >= 0.3 is 11.9 Å². The van der Waals surface area contributed by atoms with E-state index in [4.69, 9.17) is 10.2 Å². The Bertz CT molecular complexity index is 329. The first-order valence-electron chi connectivity index (χ1n) is 7.01. The Hall–Kier alpha value is -1.44. The van der Waals surface area contributed by atoms with Crippen LogP contribution in [0.2, 0.25) is 0 Å². The van der Waals surface area contributed by atoms with E-state index in [0.29, 0.717) is 12.2 Å². The standard InChI is InChI=1S/C10H23N3.C4H4O4/c1-11(2)7-9-13-6-4-5-12(3)8-10-13;5-3(6)1-2-4(7)8/h4-10H2,1-3H3;1-2H,(H,5,6)(H,7,8). The molecule has 0 unspecified atom stereocenters. The summed E-state index contributed by atoms with van der Waals surface area (Å²) in [6.07, 6.45) is 2.44. The van der Waals surface area contributed by atoms with Crippen LogP contribution < -0.4 is 0 Å². The second-order valence-corrected chi connectivity index (χ2v) is 5.31. The van der Waals surface area contributed by atoms with Crippen LogP contribution in [0.5, 0.6) is 0 Å². The number of nitrogens with zero attached hydrogens (tertiary/aromatic N) is 3. The molecule has 0 aliphatic carbocycles. The lowest BCUT2D eigenvalue weighted by Gasteiger charge is -2.21. The first-order chi connectivity index (χ1) is 9.81. The number of aliphatic carboxylic acids is 2. The average molecular weight is 301 g/mol. The van der Waals surface area contributed by atoms with Crippen LogP contribution in [-0.4, -0.2) is 97.3 Å². The average Bonchev–Trinajstić information content (AvgIpc) is 2.59. The zero-order valence-electron chi connectivity index (χ0n) is 13.2. The Morgan fingerprint density at radius 1 is 1.05 bits per heavy atom. The topological polar surface area (TPSA) is 84.3 Å². The maximum absolute atomic E-state index is 9.55. The van der Waals surface area contributed by atoms with Gasteiger partial charge in [0.25, 0.3) is 0 Å². The molecule has 1 saturated heterocycles. The molecular formula is C14H27N3O4. The Morgan fingerprint density at radius 2 is 1.62 bits per heavy atom. The molecule has 0 amide bonds. The van der Waals surface area contributed by atoms with Gasteiger partial charge in [-0.3, -0.25) is 0 Å². The molecule has 0 aromatic carbocycles. The largest absolute Gasteiger partial charge is 0.478 e. The molecule has 0 atom stereocenters. The van der Waals surface area contributed by atoms with Crippen molar-refractivity contribution in [1.82, 2.24) is 14.7 Å². The third-order valence-electron chi connectivity index (χ3n) is 3.04. The van der Waals surface area contributed by atoms with E-state index in [1.165, 1.54) is 45.7 Å². The fourth-order valence-electron chi connectivity index (χ4n) is 1.81. The molecule has 1 rings (SSSR count). The predicted molar refractivity (Wildman–Crippen MR) is 81.5 cm³/mol. The molecule has 7 nitrogen and oxygen atoms in total. The lowest BCUT2D eigenvalue weighted by atomic mass is 10.4. The van der Waals surface area contributed by atoms with Crippen molar-refractivity contribution in [3.63, 3.8) is 0 Å². The summed E-state index contributed by atoms with van der Waals surface area (Å²) in [5.41, 5.74) is 0. The highest BCUT2D eigenvalue weighted by Crippen LogP contribution is 2.00. The van der Waals surface area contributed by atoms with Gasteiger partial charge in [-0.15, -0.1) is 0 Å². The van der Waals surface area contributed by atoms with Gasteiger partial charge in [-0.25, -0.2) is 9.59 Å². The summed E-state index contributed by atoms with van der Waals surface area (Å²) in [7, 11) is 6.50. The molecule has 0 aromatic rings. The minimum atomic E-state index is -1.26. The van der Waals surface area contributed by atoms with Crippen LogP contribution in [0.25, 0.3) is 0 Å². The highest BCUT2D eigenvalue weighted by Gasteiger charge is 2.11. The number of hydrogen-bond donors (Lipinski definition) is 2. The highest BCUT2D eigenvalue weighted by molar-refractivity contribution is 5.89. The summed E-state index contributed by atoms with van der Waals surface area (Å²) in [6, 6.07) is 0. The SMILES string of the molecule is CN(C)CCN1CCCN(C)CC1.O=C(O)C=CC(=O)O. The second kappa shape index (κ2) is 11.2. The summed E-state index contributed by atoms with van der Waals surface area (Å²) < 4.78 is 0. The monoisotopic (exact) mass is 301 g/mol. The molecule has 0 aromatic heterocycles. The molecular weight excluding hydrogens is 274 g/mol. The van der Waals surface area contributed by atoms with Crippen molar-refractivity contribution in [3.8, 4) is 0 Å². The first-order valence-corrected chi connectivity index (χ1v) is 7.01. The highest BCUT2D eigenvalue weighted by atomic mass is 16.4. The zero-order valence-corrected chi connectivity index (χ0v) is 13.2. The summed E-state index contributed by atoms with van der Waals surface area (Å²) in [4.78, 5) is 26.4. The van der Waals surface area contributed by atoms with E-state index < -0.39 is 11.9 Å². The fourth-order valence-corrected chi connectivity index (χ4v) is 1.81. The molecule has 21 heavy (non-hydrogen) atoms. The van der Waals surface area contributed by atoms with Gasteiger partial charge in [-0.05, 0) is 40.7 Å². The van der Waals surface area contributed by atoms with Crippen molar-refractivity contribution >= 4 is 11.9 Å². The van der Waals surface area contributed by atoms with Crippen molar-refractivity contribution in [3.05, 3.63) is 12.2 Å². The van der Waals surface area contributed by atoms with Gasteiger partial charge in [0, 0.05) is 38.3 Å². The van der Waals surface area contributed by atoms with E-state index in [1.807, 2.05) is 0 Å². The molecule has 7 heteroatoms. The van der Waals surface area contributed by atoms with Crippen LogP contribution in [0.15, 0.2) is 12.2 Å².